The van der Waals surface area contributed by atoms with E-state index >= 15 is 0 Å². The van der Waals surface area contributed by atoms with Crippen molar-refractivity contribution in [1.82, 2.24) is 0 Å². The third-order valence-corrected chi connectivity index (χ3v) is 3.42. The highest BCUT2D eigenvalue weighted by Crippen LogP contribution is 2.40. The van der Waals surface area contributed by atoms with Crippen molar-refractivity contribution >= 4 is 47.7 Å². The molecule has 0 fully saturated rings. The summed E-state index contributed by atoms with van der Waals surface area (Å²) in [6.07, 6.45) is 0. The van der Waals surface area contributed by atoms with E-state index in [1.807, 2.05) is 0 Å². The monoisotopic (exact) mass is 260 g/mol. The van der Waals surface area contributed by atoms with Crippen molar-refractivity contribution in [2.45, 2.75) is 0 Å². The first-order valence-electron chi connectivity index (χ1n) is 3.03. The third kappa shape index (κ3) is 2.59. The van der Waals surface area contributed by atoms with Gasteiger partial charge in [-0.25, -0.2) is 0 Å². The van der Waals surface area contributed by atoms with Crippen LogP contribution in [0.15, 0.2) is 12.1 Å². The maximum absolute atomic E-state index is 10.9. The van der Waals surface area contributed by atoms with E-state index in [1.54, 1.807) is 0 Å². The lowest BCUT2D eigenvalue weighted by molar-refractivity contribution is 0.387. The van der Waals surface area contributed by atoms with Gasteiger partial charge in [0.2, 0.25) is 0 Å². The molecule has 3 nitrogen and oxygen atoms in total. The first kappa shape index (κ1) is 11.3. The van der Waals surface area contributed by atoms with Gasteiger partial charge in [-0.1, -0.05) is 34.8 Å². The van der Waals surface area contributed by atoms with Gasteiger partial charge in [-0.05, 0) is 12.1 Å². The quantitative estimate of drug-likeness (QED) is 0.763. The lowest BCUT2D eigenvalue weighted by Crippen LogP contribution is -2.07. The van der Waals surface area contributed by atoms with Crippen LogP contribution in [0.1, 0.15) is 0 Å². The van der Waals surface area contributed by atoms with E-state index in [0.29, 0.717) is 0 Å². The van der Waals surface area contributed by atoms with Gasteiger partial charge in [0.25, 0.3) is 0 Å². The van der Waals surface area contributed by atoms with E-state index in [2.05, 4.69) is 0 Å². The van der Waals surface area contributed by atoms with E-state index in [1.165, 1.54) is 12.1 Å². The second-order valence-electron chi connectivity index (χ2n) is 2.26. The molecule has 1 rings (SSSR count). The topological polar surface area (TPSA) is 57.5 Å². The molecule has 1 aromatic carbocycles. The maximum Gasteiger partial charge on any atom is 0.359 e. The molecule has 0 heterocycles. The van der Waals surface area contributed by atoms with E-state index < -0.39 is 7.60 Å². The largest absolute Gasteiger partial charge is 0.359 e. The summed E-state index contributed by atoms with van der Waals surface area (Å²) < 4.78 is 10.9. The average molecular weight is 261 g/mol. The standard InChI is InChI=1S/C6H4Cl3O3P/c7-3-1-4(8)6(5(9)2-3)13(10,11)12/h1-2H,(H2,10,11,12). The molecule has 0 aliphatic heterocycles. The Labute approximate surface area is 89.4 Å². The fourth-order valence-corrected chi connectivity index (χ4v) is 2.98. The van der Waals surface area contributed by atoms with Gasteiger partial charge in [-0.2, -0.15) is 0 Å². The molecule has 0 atom stereocenters. The van der Waals surface area contributed by atoms with E-state index in [9.17, 15) is 4.57 Å². The first-order valence-corrected chi connectivity index (χ1v) is 5.77. The Balaban J connectivity index is 3.47. The number of halogens is 3. The van der Waals surface area contributed by atoms with Crippen LogP contribution in [0.2, 0.25) is 15.1 Å². The molecule has 1 aromatic rings. The van der Waals surface area contributed by atoms with Crippen LogP contribution in [0.4, 0.5) is 0 Å². The molecule has 0 amide bonds. The Morgan fingerprint density at radius 1 is 1.08 bits per heavy atom. The van der Waals surface area contributed by atoms with Crippen molar-refractivity contribution in [1.29, 1.82) is 0 Å². The summed E-state index contributed by atoms with van der Waals surface area (Å²) in [5.74, 6) is 0. The summed E-state index contributed by atoms with van der Waals surface area (Å²) in [5, 5.41) is -0.427. The Morgan fingerprint density at radius 3 is 1.77 bits per heavy atom. The molecular formula is C6H4Cl3O3P. The van der Waals surface area contributed by atoms with Crippen molar-refractivity contribution in [2.75, 3.05) is 0 Å². The molecule has 0 radical (unpaired) electrons. The van der Waals surface area contributed by atoms with Gasteiger partial charge in [0.1, 0.15) is 5.30 Å². The molecule has 0 aliphatic carbocycles. The normalized spacial score (nSPS) is 11.8. The smallest absolute Gasteiger partial charge is 0.321 e. The summed E-state index contributed by atoms with van der Waals surface area (Å²) >= 11 is 16.7. The van der Waals surface area contributed by atoms with Crippen LogP contribution < -0.4 is 5.30 Å². The summed E-state index contributed by atoms with van der Waals surface area (Å²) in [5.41, 5.74) is 0. The summed E-state index contributed by atoms with van der Waals surface area (Å²) in [6, 6.07) is 2.45. The molecule has 13 heavy (non-hydrogen) atoms. The summed E-state index contributed by atoms with van der Waals surface area (Å²) in [7, 11) is -4.44. The van der Waals surface area contributed by atoms with E-state index in [-0.39, 0.29) is 20.4 Å². The molecule has 0 aliphatic rings. The van der Waals surface area contributed by atoms with Crippen molar-refractivity contribution in [2.24, 2.45) is 0 Å². The van der Waals surface area contributed by atoms with E-state index in [0.717, 1.165) is 0 Å². The lowest BCUT2D eigenvalue weighted by atomic mass is 10.4. The summed E-state index contributed by atoms with van der Waals surface area (Å²) in [6.45, 7) is 0. The molecule has 72 valence electrons. The molecular weight excluding hydrogens is 257 g/mol. The lowest BCUT2D eigenvalue weighted by Gasteiger charge is -2.08. The molecule has 0 saturated carbocycles. The number of rotatable bonds is 1. The summed E-state index contributed by atoms with van der Waals surface area (Å²) in [4.78, 5) is 17.7. The minimum atomic E-state index is -4.44. The SMILES string of the molecule is O=P(O)(O)c1c(Cl)cc(Cl)cc1Cl. The minimum Gasteiger partial charge on any atom is -0.321 e. The molecule has 0 unspecified atom stereocenters. The van der Waals surface area contributed by atoms with Crippen LogP contribution in [0.3, 0.4) is 0 Å². The van der Waals surface area contributed by atoms with Crippen molar-refractivity contribution in [3.05, 3.63) is 27.2 Å². The van der Waals surface area contributed by atoms with Crippen LogP contribution in [-0.4, -0.2) is 9.79 Å². The highest BCUT2D eigenvalue weighted by molar-refractivity contribution is 7.61. The molecule has 0 bridgehead atoms. The van der Waals surface area contributed by atoms with Crippen LogP contribution in [-0.2, 0) is 4.57 Å². The number of benzene rings is 1. The number of hydrogen-bond donors (Lipinski definition) is 2. The van der Waals surface area contributed by atoms with Crippen LogP contribution in [0.25, 0.3) is 0 Å². The Morgan fingerprint density at radius 2 is 1.46 bits per heavy atom. The molecule has 7 heteroatoms. The van der Waals surface area contributed by atoms with Crippen LogP contribution in [0, 0.1) is 0 Å². The molecule has 2 N–H and O–H groups in total. The highest BCUT2D eigenvalue weighted by atomic mass is 35.5. The van der Waals surface area contributed by atoms with Crippen molar-refractivity contribution < 1.29 is 14.4 Å². The minimum absolute atomic E-state index is 0.133. The zero-order valence-electron chi connectivity index (χ0n) is 6.04. The molecule has 0 aromatic heterocycles. The Kier molecular flexibility index (Phi) is 3.29. The Hall–Kier alpha value is 0.240. The van der Waals surface area contributed by atoms with Gasteiger partial charge < -0.3 is 9.79 Å². The van der Waals surface area contributed by atoms with Gasteiger partial charge in [0.15, 0.2) is 0 Å². The van der Waals surface area contributed by atoms with Gasteiger partial charge >= 0.3 is 7.60 Å². The van der Waals surface area contributed by atoms with Gasteiger partial charge in [-0.3, -0.25) is 4.57 Å². The third-order valence-electron chi connectivity index (χ3n) is 1.27. The highest BCUT2D eigenvalue weighted by Gasteiger charge is 2.24. The Bertz CT molecular complexity index is 364. The fourth-order valence-electron chi connectivity index (χ4n) is 0.813. The second-order valence-corrected chi connectivity index (χ2v) is 5.05. The first-order chi connectivity index (χ1) is 5.82. The zero-order chi connectivity index (χ0) is 10.2. The fraction of sp³-hybridized carbons (Fsp3) is 0. The van der Waals surface area contributed by atoms with Gasteiger partial charge in [-0.15, -0.1) is 0 Å². The maximum atomic E-state index is 10.9. The van der Waals surface area contributed by atoms with Crippen molar-refractivity contribution in [3.63, 3.8) is 0 Å². The van der Waals surface area contributed by atoms with Crippen molar-refractivity contribution in [3.8, 4) is 0 Å². The van der Waals surface area contributed by atoms with Crippen LogP contribution in [0.5, 0.6) is 0 Å². The predicted molar refractivity (Wildman–Crippen MR) is 53.2 cm³/mol. The number of hydrogen-bond acceptors (Lipinski definition) is 1. The van der Waals surface area contributed by atoms with E-state index in [4.69, 9.17) is 44.6 Å². The average Bonchev–Trinajstić information content (AvgIpc) is 1.78. The van der Waals surface area contributed by atoms with Gasteiger partial charge in [0, 0.05) is 5.02 Å². The zero-order valence-corrected chi connectivity index (χ0v) is 9.20. The molecule has 0 saturated heterocycles. The predicted octanol–water partition coefficient (Wildman–Crippen LogP) is 2.45. The molecule has 0 spiro atoms. The van der Waals surface area contributed by atoms with Gasteiger partial charge in [0.05, 0.1) is 10.0 Å². The second kappa shape index (κ2) is 3.77. The van der Waals surface area contributed by atoms with Crippen LogP contribution >= 0.6 is 42.4 Å².